The van der Waals surface area contributed by atoms with Crippen molar-refractivity contribution in [2.45, 2.75) is 50.4 Å². The average molecular weight is 534 g/mol. The van der Waals surface area contributed by atoms with Crippen LogP contribution in [0.5, 0.6) is 0 Å². The minimum Gasteiger partial charge on any atom is -0.354 e. The van der Waals surface area contributed by atoms with Crippen molar-refractivity contribution in [3.8, 4) is 0 Å². The third kappa shape index (κ3) is 6.99. The van der Waals surface area contributed by atoms with Crippen molar-refractivity contribution in [3.63, 3.8) is 0 Å². The quantitative estimate of drug-likeness (QED) is 0.343. The Morgan fingerprint density at radius 3 is 2.91 bits per heavy atom. The maximum atomic E-state index is 12.0. The molecule has 1 aromatic heterocycles. The molecule has 0 aliphatic heterocycles. The first kappa shape index (κ1) is 21.4. The fourth-order valence-electron chi connectivity index (χ4n) is 2.76. The summed E-state index contributed by atoms with van der Waals surface area (Å²) in [6, 6.07) is 2.49. The molecule has 2 rings (SSSR count). The predicted molar refractivity (Wildman–Crippen MR) is 115 cm³/mol. The van der Waals surface area contributed by atoms with Crippen molar-refractivity contribution in [1.82, 2.24) is 10.6 Å². The molecule has 1 aromatic rings. The molecule has 23 heavy (non-hydrogen) atoms. The topological polar surface area (TPSA) is 53.5 Å². The zero-order chi connectivity index (χ0) is 15.9. The molecule has 0 radical (unpaired) electrons. The van der Waals surface area contributed by atoms with Gasteiger partial charge < -0.3 is 10.6 Å². The third-order valence-corrected chi connectivity index (χ3v) is 7.34. The lowest BCUT2D eigenvalue weighted by Crippen LogP contribution is -2.46. The van der Waals surface area contributed by atoms with Crippen LogP contribution in [0.15, 0.2) is 20.9 Å². The van der Waals surface area contributed by atoms with Crippen LogP contribution in [0.2, 0.25) is 0 Å². The number of halogens is 2. The summed E-state index contributed by atoms with van der Waals surface area (Å²) in [4.78, 5) is 5.57. The van der Waals surface area contributed by atoms with Gasteiger partial charge >= 0.3 is 0 Å². The van der Waals surface area contributed by atoms with Crippen LogP contribution >= 0.6 is 51.2 Å². The standard InChI is InChI=1S/C15H24BrN3OS2.HI/c1-3-22(20)14-6-4-5-12(8-14)19-15(17-2)18-9-13-7-11(16)10-21-13;/h7,10,12,14H,3-6,8-9H2,1-2H3,(H2,17,18,19);1H. The molecule has 1 aliphatic rings. The van der Waals surface area contributed by atoms with Crippen molar-refractivity contribution in [3.05, 3.63) is 20.8 Å². The fraction of sp³-hybridized carbons (Fsp3) is 0.667. The Morgan fingerprint density at radius 2 is 2.30 bits per heavy atom. The zero-order valence-corrected chi connectivity index (χ0v) is 19.1. The van der Waals surface area contributed by atoms with E-state index in [0.29, 0.717) is 11.3 Å². The second-order valence-electron chi connectivity index (χ2n) is 5.46. The molecule has 2 N–H and O–H groups in total. The third-order valence-electron chi connectivity index (χ3n) is 3.90. The summed E-state index contributed by atoms with van der Waals surface area (Å²) in [5, 5.41) is 9.26. The summed E-state index contributed by atoms with van der Waals surface area (Å²) in [5.74, 6) is 1.59. The monoisotopic (exact) mass is 533 g/mol. The lowest BCUT2D eigenvalue weighted by Gasteiger charge is -2.30. The van der Waals surface area contributed by atoms with E-state index in [1.165, 1.54) is 4.88 Å². The zero-order valence-electron chi connectivity index (χ0n) is 13.5. The normalized spacial score (nSPS) is 23.0. The van der Waals surface area contributed by atoms with Gasteiger partial charge in [-0.2, -0.15) is 0 Å². The molecule has 1 aliphatic carbocycles. The summed E-state index contributed by atoms with van der Waals surface area (Å²) in [6.07, 6.45) is 4.34. The Labute approximate surface area is 170 Å². The van der Waals surface area contributed by atoms with E-state index in [2.05, 4.69) is 43.0 Å². The molecule has 1 fully saturated rings. The Balaban J connectivity index is 0.00000264. The van der Waals surface area contributed by atoms with Gasteiger partial charge in [0, 0.05) is 49.6 Å². The highest BCUT2D eigenvalue weighted by molar-refractivity contribution is 14.0. The van der Waals surface area contributed by atoms with Crippen LogP contribution in [-0.4, -0.2) is 34.3 Å². The van der Waals surface area contributed by atoms with Crippen molar-refractivity contribution < 1.29 is 4.21 Å². The van der Waals surface area contributed by atoms with E-state index in [1.807, 2.05) is 6.92 Å². The minimum absolute atomic E-state index is 0. The highest BCUT2D eigenvalue weighted by Crippen LogP contribution is 2.23. The van der Waals surface area contributed by atoms with E-state index in [4.69, 9.17) is 0 Å². The van der Waals surface area contributed by atoms with Crippen molar-refractivity contribution >= 4 is 68.0 Å². The second-order valence-corrected chi connectivity index (χ2v) is 9.37. The molecule has 0 spiro atoms. The van der Waals surface area contributed by atoms with Gasteiger partial charge in [-0.25, -0.2) is 0 Å². The molecule has 3 unspecified atom stereocenters. The fourth-order valence-corrected chi connectivity index (χ4v) is 5.49. The van der Waals surface area contributed by atoms with Crippen LogP contribution in [0, 0.1) is 0 Å². The van der Waals surface area contributed by atoms with E-state index in [0.717, 1.165) is 48.4 Å². The Hall–Kier alpha value is 0.330. The Kier molecular flexibility index (Phi) is 10.3. The first-order valence-corrected chi connectivity index (χ1v) is 10.7. The van der Waals surface area contributed by atoms with Gasteiger partial charge in [-0.1, -0.05) is 13.3 Å². The number of nitrogens with zero attached hydrogens (tertiary/aromatic N) is 1. The first-order valence-electron chi connectivity index (χ1n) is 7.69. The van der Waals surface area contributed by atoms with Crippen LogP contribution in [0.3, 0.4) is 0 Å². The average Bonchev–Trinajstić information content (AvgIpc) is 2.96. The molecule has 1 heterocycles. The molecule has 3 atom stereocenters. The lowest BCUT2D eigenvalue weighted by atomic mass is 9.95. The van der Waals surface area contributed by atoms with Crippen molar-refractivity contribution in [1.29, 1.82) is 0 Å². The smallest absolute Gasteiger partial charge is 0.191 e. The predicted octanol–water partition coefficient (Wildman–Crippen LogP) is 3.87. The van der Waals surface area contributed by atoms with Gasteiger partial charge in [0.15, 0.2) is 5.96 Å². The van der Waals surface area contributed by atoms with Crippen LogP contribution in [-0.2, 0) is 17.3 Å². The van der Waals surface area contributed by atoms with Crippen molar-refractivity contribution in [2.24, 2.45) is 4.99 Å². The van der Waals surface area contributed by atoms with Crippen LogP contribution < -0.4 is 10.6 Å². The number of nitrogens with one attached hydrogen (secondary N) is 2. The minimum atomic E-state index is -0.685. The van der Waals surface area contributed by atoms with Gasteiger partial charge in [0.05, 0.1) is 6.54 Å². The summed E-state index contributed by atoms with van der Waals surface area (Å²) in [5.41, 5.74) is 0. The maximum absolute atomic E-state index is 12.0. The summed E-state index contributed by atoms with van der Waals surface area (Å²) < 4.78 is 13.1. The Bertz CT molecular complexity index is 539. The van der Waals surface area contributed by atoms with Gasteiger partial charge in [-0.15, -0.1) is 35.3 Å². The molecule has 132 valence electrons. The summed E-state index contributed by atoms with van der Waals surface area (Å²) >= 11 is 5.19. The highest BCUT2D eigenvalue weighted by atomic mass is 127. The van der Waals surface area contributed by atoms with E-state index in [9.17, 15) is 4.21 Å². The first-order chi connectivity index (χ1) is 10.6. The van der Waals surface area contributed by atoms with Gasteiger partial charge in [0.25, 0.3) is 0 Å². The molecule has 0 aromatic carbocycles. The van der Waals surface area contributed by atoms with Crippen LogP contribution in [0.25, 0.3) is 0 Å². The van der Waals surface area contributed by atoms with Gasteiger partial charge in [0.1, 0.15) is 0 Å². The molecule has 1 saturated carbocycles. The Morgan fingerprint density at radius 1 is 1.52 bits per heavy atom. The largest absolute Gasteiger partial charge is 0.354 e. The second kappa shape index (κ2) is 11.0. The molecule has 0 bridgehead atoms. The van der Waals surface area contributed by atoms with Gasteiger partial charge in [-0.3, -0.25) is 9.20 Å². The molecular formula is C15H25BrIN3OS2. The van der Waals surface area contributed by atoms with E-state index >= 15 is 0 Å². The molecule has 0 saturated heterocycles. The maximum Gasteiger partial charge on any atom is 0.191 e. The number of guanidine groups is 1. The van der Waals surface area contributed by atoms with E-state index < -0.39 is 10.8 Å². The van der Waals surface area contributed by atoms with Gasteiger partial charge in [0.2, 0.25) is 0 Å². The number of hydrogen-bond donors (Lipinski definition) is 2. The number of rotatable bonds is 5. The van der Waals surface area contributed by atoms with E-state index in [-0.39, 0.29) is 24.0 Å². The number of aliphatic imine (C=N–C) groups is 1. The number of hydrogen-bond acceptors (Lipinski definition) is 3. The highest BCUT2D eigenvalue weighted by Gasteiger charge is 2.25. The SMILES string of the molecule is CCS(=O)C1CCCC(NC(=NC)NCc2cc(Br)cs2)C1.I. The van der Waals surface area contributed by atoms with Crippen LogP contribution in [0.4, 0.5) is 0 Å². The summed E-state index contributed by atoms with van der Waals surface area (Å²) in [6.45, 7) is 2.78. The molecule has 8 heteroatoms. The molecule has 0 amide bonds. The van der Waals surface area contributed by atoms with E-state index in [1.54, 1.807) is 18.4 Å². The van der Waals surface area contributed by atoms with Crippen LogP contribution in [0.1, 0.15) is 37.5 Å². The van der Waals surface area contributed by atoms with Gasteiger partial charge in [-0.05, 0) is 41.3 Å². The van der Waals surface area contributed by atoms with Crippen molar-refractivity contribution in [2.75, 3.05) is 12.8 Å². The summed E-state index contributed by atoms with van der Waals surface area (Å²) in [7, 11) is 1.11. The molecular weight excluding hydrogens is 509 g/mol. The lowest BCUT2D eigenvalue weighted by molar-refractivity contribution is 0.413. The molecule has 4 nitrogen and oxygen atoms in total. The number of thiophene rings is 1.